The fourth-order valence-corrected chi connectivity index (χ4v) is 3.65. The molecule has 3 aliphatic rings. The Kier molecular flexibility index (Phi) is 5.10. The van der Waals surface area contributed by atoms with Crippen molar-refractivity contribution in [2.45, 2.75) is 6.42 Å². The number of fused-ring (bicyclic) bond motifs is 1. The van der Waals surface area contributed by atoms with Gasteiger partial charge in [-0.1, -0.05) is 17.2 Å². The third-order valence-electron chi connectivity index (χ3n) is 5.28. The Morgan fingerprint density at radius 3 is 2.32 bits per heavy atom. The van der Waals surface area contributed by atoms with Gasteiger partial charge < -0.3 is 14.5 Å². The first-order chi connectivity index (χ1) is 13.5. The van der Waals surface area contributed by atoms with Crippen molar-refractivity contribution >= 4 is 23.7 Å². The molecular formula is C19H21N3O6. The van der Waals surface area contributed by atoms with Gasteiger partial charge in [-0.2, -0.15) is 0 Å². The summed E-state index contributed by atoms with van der Waals surface area (Å²) in [5.74, 6) is -2.89. The van der Waals surface area contributed by atoms with E-state index in [0.717, 1.165) is 19.6 Å². The Morgan fingerprint density at radius 1 is 1.04 bits per heavy atom. The van der Waals surface area contributed by atoms with Crippen molar-refractivity contribution in [1.29, 1.82) is 0 Å². The van der Waals surface area contributed by atoms with Gasteiger partial charge in [-0.05, 0) is 12.1 Å². The van der Waals surface area contributed by atoms with Crippen LogP contribution in [0.15, 0.2) is 24.3 Å². The molecule has 1 unspecified atom stereocenters. The van der Waals surface area contributed by atoms with Crippen LogP contribution in [0.2, 0.25) is 0 Å². The molecule has 9 heteroatoms. The lowest BCUT2D eigenvalue weighted by molar-refractivity contribution is -0.173. The number of hydrogen-bond donors (Lipinski definition) is 0. The highest BCUT2D eigenvalue weighted by atomic mass is 16.7. The van der Waals surface area contributed by atoms with Crippen LogP contribution in [0.4, 0.5) is 0 Å². The van der Waals surface area contributed by atoms with E-state index in [0.29, 0.717) is 24.8 Å². The number of nitrogens with zero attached hydrogens (tertiary/aromatic N) is 3. The summed E-state index contributed by atoms with van der Waals surface area (Å²) in [7, 11) is 0. The van der Waals surface area contributed by atoms with Gasteiger partial charge in [0.25, 0.3) is 11.8 Å². The van der Waals surface area contributed by atoms with Crippen molar-refractivity contribution in [2.75, 3.05) is 45.9 Å². The summed E-state index contributed by atoms with van der Waals surface area (Å²) in [6.45, 7) is 4.49. The van der Waals surface area contributed by atoms with Gasteiger partial charge in [0.2, 0.25) is 5.91 Å². The van der Waals surface area contributed by atoms with Crippen molar-refractivity contribution in [1.82, 2.24) is 14.9 Å². The van der Waals surface area contributed by atoms with Gasteiger partial charge in [-0.25, -0.2) is 4.79 Å². The predicted octanol–water partition coefficient (Wildman–Crippen LogP) is -0.0785. The van der Waals surface area contributed by atoms with Gasteiger partial charge in [0.05, 0.1) is 30.3 Å². The maximum Gasteiger partial charge on any atom is 0.338 e. The highest BCUT2D eigenvalue weighted by Crippen LogP contribution is 2.25. The number of carbonyl (C=O) groups is 4. The zero-order valence-corrected chi connectivity index (χ0v) is 15.3. The van der Waals surface area contributed by atoms with Crippen LogP contribution in [0.5, 0.6) is 0 Å². The van der Waals surface area contributed by atoms with Crippen LogP contribution < -0.4 is 0 Å². The number of hydrogen-bond acceptors (Lipinski definition) is 7. The number of ether oxygens (including phenoxy) is 1. The van der Waals surface area contributed by atoms with E-state index in [2.05, 4.69) is 4.90 Å². The summed E-state index contributed by atoms with van der Waals surface area (Å²) in [6, 6.07) is 6.29. The first kappa shape index (κ1) is 18.6. The second-order valence-electron chi connectivity index (χ2n) is 7.06. The van der Waals surface area contributed by atoms with Crippen LogP contribution in [-0.2, 0) is 19.2 Å². The number of imide groups is 1. The number of hydroxylamine groups is 2. The SMILES string of the molecule is O=C(ON1C(=O)c2ccccc2C1=O)C1CC(=O)N(CCN2CCOCC2)C1. The number of amides is 3. The second-order valence-corrected chi connectivity index (χ2v) is 7.06. The van der Waals surface area contributed by atoms with E-state index in [1.54, 1.807) is 17.0 Å². The Hall–Kier alpha value is -2.78. The summed E-state index contributed by atoms with van der Waals surface area (Å²) >= 11 is 0. The van der Waals surface area contributed by atoms with Crippen molar-refractivity contribution in [2.24, 2.45) is 5.92 Å². The molecule has 9 nitrogen and oxygen atoms in total. The van der Waals surface area contributed by atoms with E-state index < -0.39 is 23.7 Å². The Balaban J connectivity index is 1.33. The zero-order valence-electron chi connectivity index (χ0n) is 15.3. The fourth-order valence-electron chi connectivity index (χ4n) is 3.65. The second kappa shape index (κ2) is 7.69. The first-order valence-corrected chi connectivity index (χ1v) is 9.32. The average Bonchev–Trinajstić information content (AvgIpc) is 3.20. The molecule has 1 aromatic rings. The molecule has 2 fully saturated rings. The van der Waals surface area contributed by atoms with Crippen LogP contribution in [0, 0.1) is 5.92 Å². The maximum atomic E-state index is 12.5. The van der Waals surface area contributed by atoms with Crippen LogP contribution >= 0.6 is 0 Å². The molecule has 0 bridgehead atoms. The topological polar surface area (TPSA) is 96.5 Å². The minimum absolute atomic E-state index is 0.0190. The molecule has 1 aromatic carbocycles. The highest BCUT2D eigenvalue weighted by Gasteiger charge is 2.42. The predicted molar refractivity (Wildman–Crippen MR) is 95.0 cm³/mol. The first-order valence-electron chi connectivity index (χ1n) is 9.32. The lowest BCUT2D eigenvalue weighted by atomic mass is 10.1. The fraction of sp³-hybridized carbons (Fsp3) is 0.474. The van der Waals surface area contributed by atoms with Gasteiger partial charge in [-0.15, -0.1) is 0 Å². The lowest BCUT2D eigenvalue weighted by Gasteiger charge is -2.28. The Labute approximate surface area is 161 Å². The molecule has 3 heterocycles. The van der Waals surface area contributed by atoms with Gasteiger partial charge >= 0.3 is 5.97 Å². The summed E-state index contributed by atoms with van der Waals surface area (Å²) in [5.41, 5.74) is 0.407. The minimum atomic E-state index is -0.739. The third kappa shape index (κ3) is 3.50. The van der Waals surface area contributed by atoms with Gasteiger partial charge in [-0.3, -0.25) is 19.3 Å². The summed E-state index contributed by atoms with van der Waals surface area (Å²) in [5, 5.41) is 0.494. The average molecular weight is 387 g/mol. The number of carbonyl (C=O) groups excluding carboxylic acids is 4. The smallest absolute Gasteiger partial charge is 0.338 e. The Morgan fingerprint density at radius 2 is 1.68 bits per heavy atom. The molecule has 1 atom stereocenters. The molecule has 4 rings (SSSR count). The van der Waals surface area contributed by atoms with Crippen LogP contribution in [0.25, 0.3) is 0 Å². The van der Waals surface area contributed by atoms with E-state index in [4.69, 9.17) is 9.57 Å². The normalized spacial score (nSPS) is 22.7. The van der Waals surface area contributed by atoms with Gasteiger partial charge in [0.1, 0.15) is 0 Å². The minimum Gasteiger partial charge on any atom is -0.379 e. The Bertz CT molecular complexity index is 785. The largest absolute Gasteiger partial charge is 0.379 e. The number of rotatable bonds is 5. The highest BCUT2D eigenvalue weighted by molar-refractivity contribution is 6.20. The number of benzene rings is 1. The van der Waals surface area contributed by atoms with E-state index >= 15 is 0 Å². The zero-order chi connectivity index (χ0) is 19.7. The third-order valence-corrected chi connectivity index (χ3v) is 5.28. The molecule has 0 radical (unpaired) electrons. The van der Waals surface area contributed by atoms with Crippen molar-refractivity contribution in [3.63, 3.8) is 0 Å². The maximum absolute atomic E-state index is 12.5. The quantitative estimate of drug-likeness (QED) is 0.652. The standard InChI is InChI=1S/C19H21N3O6/c23-16-11-13(12-21(16)6-5-20-7-9-27-10-8-20)19(26)28-22-17(24)14-3-1-2-4-15(14)18(22)25/h1-4,13H,5-12H2. The van der Waals surface area contributed by atoms with Crippen LogP contribution in [0.1, 0.15) is 27.1 Å². The molecule has 0 saturated carbocycles. The molecule has 0 aliphatic carbocycles. The van der Waals surface area contributed by atoms with Gasteiger partial charge in [0.15, 0.2) is 0 Å². The lowest BCUT2D eigenvalue weighted by Crippen LogP contribution is -2.42. The van der Waals surface area contributed by atoms with E-state index in [-0.39, 0.29) is 30.0 Å². The molecular weight excluding hydrogens is 366 g/mol. The van der Waals surface area contributed by atoms with Crippen LogP contribution in [0.3, 0.4) is 0 Å². The van der Waals surface area contributed by atoms with Crippen molar-refractivity contribution in [3.8, 4) is 0 Å². The molecule has 148 valence electrons. The van der Waals surface area contributed by atoms with E-state index in [1.807, 2.05) is 0 Å². The van der Waals surface area contributed by atoms with Crippen molar-refractivity contribution in [3.05, 3.63) is 35.4 Å². The van der Waals surface area contributed by atoms with Crippen molar-refractivity contribution < 1.29 is 28.8 Å². The molecule has 0 spiro atoms. The molecule has 3 aliphatic heterocycles. The summed E-state index contributed by atoms with van der Waals surface area (Å²) < 4.78 is 5.30. The molecule has 0 N–H and O–H groups in total. The number of morpholine rings is 1. The molecule has 2 saturated heterocycles. The van der Waals surface area contributed by atoms with Crippen LogP contribution in [-0.4, -0.2) is 84.5 Å². The molecule has 3 amide bonds. The molecule has 28 heavy (non-hydrogen) atoms. The van der Waals surface area contributed by atoms with Gasteiger partial charge in [0, 0.05) is 39.1 Å². The summed E-state index contributed by atoms with van der Waals surface area (Å²) in [6.07, 6.45) is 0.0190. The van der Waals surface area contributed by atoms with E-state index in [1.165, 1.54) is 12.1 Å². The molecule has 0 aromatic heterocycles. The monoisotopic (exact) mass is 387 g/mol. The summed E-state index contributed by atoms with van der Waals surface area (Å²) in [4.78, 5) is 58.2. The van der Waals surface area contributed by atoms with E-state index in [9.17, 15) is 19.2 Å². The number of likely N-dealkylation sites (tertiary alicyclic amines) is 1.